The van der Waals surface area contributed by atoms with E-state index in [4.69, 9.17) is 11.6 Å². The van der Waals surface area contributed by atoms with Crippen LogP contribution >= 0.6 is 11.6 Å². The van der Waals surface area contributed by atoms with Crippen LogP contribution in [-0.2, 0) is 0 Å². The highest BCUT2D eigenvalue weighted by atomic mass is 35.5. The molecular formula is C13H17ClFN. The molecule has 0 aromatic heterocycles. The summed E-state index contributed by atoms with van der Waals surface area (Å²) >= 11 is 6.02. The Bertz CT molecular complexity index is 367. The third kappa shape index (κ3) is 2.88. The summed E-state index contributed by atoms with van der Waals surface area (Å²) in [6.45, 7) is 2.26. The van der Waals surface area contributed by atoms with Crippen molar-refractivity contribution >= 4 is 17.3 Å². The van der Waals surface area contributed by atoms with E-state index in [9.17, 15) is 4.39 Å². The van der Waals surface area contributed by atoms with Gasteiger partial charge in [-0.3, -0.25) is 0 Å². The Kier molecular flexibility index (Phi) is 3.70. The standard InChI is InChI=1S/C13H17ClFN/c1-9-3-2-4-11(7-9)16-13-8-10(15)5-6-12(13)14/h5-6,8-9,11,16H,2-4,7H2,1H3. The van der Waals surface area contributed by atoms with Crippen LogP contribution in [0.15, 0.2) is 18.2 Å². The van der Waals surface area contributed by atoms with Gasteiger partial charge in [0.15, 0.2) is 0 Å². The molecule has 1 N–H and O–H groups in total. The summed E-state index contributed by atoms with van der Waals surface area (Å²) < 4.78 is 13.1. The van der Waals surface area contributed by atoms with Crippen LogP contribution in [0.4, 0.5) is 10.1 Å². The van der Waals surface area contributed by atoms with E-state index in [1.165, 1.54) is 25.0 Å². The second-order valence-corrected chi connectivity index (χ2v) is 5.14. The van der Waals surface area contributed by atoms with Gasteiger partial charge in [-0.2, -0.15) is 0 Å². The zero-order chi connectivity index (χ0) is 11.5. The van der Waals surface area contributed by atoms with Gasteiger partial charge < -0.3 is 5.32 Å². The second kappa shape index (κ2) is 5.05. The number of hydrogen-bond donors (Lipinski definition) is 1. The molecule has 0 heterocycles. The van der Waals surface area contributed by atoms with Crippen molar-refractivity contribution in [1.82, 2.24) is 0 Å². The van der Waals surface area contributed by atoms with Crippen molar-refractivity contribution in [3.63, 3.8) is 0 Å². The van der Waals surface area contributed by atoms with Crippen LogP contribution in [0.2, 0.25) is 5.02 Å². The molecule has 0 aliphatic heterocycles. The van der Waals surface area contributed by atoms with Crippen molar-refractivity contribution < 1.29 is 4.39 Å². The van der Waals surface area contributed by atoms with E-state index in [2.05, 4.69) is 12.2 Å². The van der Waals surface area contributed by atoms with Gasteiger partial charge in [0.2, 0.25) is 0 Å². The van der Waals surface area contributed by atoms with E-state index >= 15 is 0 Å². The number of rotatable bonds is 2. The van der Waals surface area contributed by atoms with Crippen molar-refractivity contribution in [3.8, 4) is 0 Å². The Morgan fingerprint density at radius 2 is 2.19 bits per heavy atom. The Morgan fingerprint density at radius 3 is 2.94 bits per heavy atom. The van der Waals surface area contributed by atoms with Gasteiger partial charge in [0.25, 0.3) is 0 Å². The maximum absolute atomic E-state index is 13.1. The van der Waals surface area contributed by atoms with Crippen LogP contribution in [0, 0.1) is 11.7 Å². The summed E-state index contributed by atoms with van der Waals surface area (Å²) in [5.74, 6) is 0.509. The topological polar surface area (TPSA) is 12.0 Å². The van der Waals surface area contributed by atoms with E-state index in [1.54, 1.807) is 6.07 Å². The van der Waals surface area contributed by atoms with Gasteiger partial charge in [0, 0.05) is 6.04 Å². The number of nitrogens with one attached hydrogen (secondary N) is 1. The lowest BCUT2D eigenvalue weighted by atomic mass is 9.87. The Morgan fingerprint density at radius 1 is 1.38 bits per heavy atom. The molecule has 2 rings (SSSR count). The molecule has 2 unspecified atom stereocenters. The zero-order valence-electron chi connectivity index (χ0n) is 9.47. The number of anilines is 1. The van der Waals surface area contributed by atoms with E-state index in [0.717, 1.165) is 24.4 Å². The molecule has 0 amide bonds. The fraction of sp³-hybridized carbons (Fsp3) is 0.538. The predicted octanol–water partition coefficient (Wildman–Crippen LogP) is 4.47. The molecule has 1 aromatic rings. The second-order valence-electron chi connectivity index (χ2n) is 4.74. The van der Waals surface area contributed by atoms with Crippen molar-refractivity contribution in [1.29, 1.82) is 0 Å². The van der Waals surface area contributed by atoms with Crippen LogP contribution in [0.1, 0.15) is 32.6 Å². The lowest BCUT2D eigenvalue weighted by Gasteiger charge is -2.28. The SMILES string of the molecule is CC1CCCC(Nc2cc(F)ccc2Cl)C1. The molecule has 3 heteroatoms. The highest BCUT2D eigenvalue weighted by Gasteiger charge is 2.19. The lowest BCUT2D eigenvalue weighted by molar-refractivity contribution is 0.358. The molecule has 0 radical (unpaired) electrons. The monoisotopic (exact) mass is 241 g/mol. The average Bonchev–Trinajstić information content (AvgIpc) is 2.24. The Hall–Kier alpha value is -0.760. The lowest BCUT2D eigenvalue weighted by Crippen LogP contribution is -2.26. The Balaban J connectivity index is 2.05. The van der Waals surface area contributed by atoms with Crippen LogP contribution in [0.3, 0.4) is 0 Å². The normalized spacial score (nSPS) is 25.4. The molecule has 0 spiro atoms. The summed E-state index contributed by atoms with van der Waals surface area (Å²) in [7, 11) is 0. The fourth-order valence-electron chi connectivity index (χ4n) is 2.39. The highest BCUT2D eigenvalue weighted by Crippen LogP contribution is 2.29. The van der Waals surface area contributed by atoms with Crippen molar-refractivity contribution in [2.75, 3.05) is 5.32 Å². The summed E-state index contributed by atoms with van der Waals surface area (Å²) in [5, 5.41) is 3.95. The molecule has 0 saturated heterocycles. The number of hydrogen-bond acceptors (Lipinski definition) is 1. The largest absolute Gasteiger partial charge is 0.381 e. The zero-order valence-corrected chi connectivity index (χ0v) is 10.2. The summed E-state index contributed by atoms with van der Waals surface area (Å²) in [6.07, 6.45) is 4.84. The highest BCUT2D eigenvalue weighted by molar-refractivity contribution is 6.33. The first kappa shape index (κ1) is 11.7. The summed E-state index contributed by atoms with van der Waals surface area (Å²) in [5.41, 5.74) is 0.723. The van der Waals surface area contributed by atoms with E-state index in [0.29, 0.717) is 11.1 Å². The quantitative estimate of drug-likeness (QED) is 0.806. The van der Waals surface area contributed by atoms with Crippen molar-refractivity contribution in [3.05, 3.63) is 29.0 Å². The third-order valence-corrected chi connectivity index (χ3v) is 3.55. The first-order valence-corrected chi connectivity index (χ1v) is 6.24. The van der Waals surface area contributed by atoms with Crippen LogP contribution in [0.25, 0.3) is 0 Å². The molecule has 1 saturated carbocycles. The van der Waals surface area contributed by atoms with Gasteiger partial charge in [0.05, 0.1) is 10.7 Å². The van der Waals surface area contributed by atoms with Gasteiger partial charge >= 0.3 is 0 Å². The van der Waals surface area contributed by atoms with Crippen LogP contribution in [-0.4, -0.2) is 6.04 Å². The molecular weight excluding hydrogens is 225 g/mol. The third-order valence-electron chi connectivity index (χ3n) is 3.22. The van der Waals surface area contributed by atoms with Crippen molar-refractivity contribution in [2.45, 2.75) is 38.6 Å². The molecule has 88 valence electrons. The molecule has 2 atom stereocenters. The average molecular weight is 242 g/mol. The minimum atomic E-state index is -0.240. The maximum atomic E-state index is 13.1. The van der Waals surface area contributed by atoms with Crippen molar-refractivity contribution in [2.24, 2.45) is 5.92 Å². The minimum Gasteiger partial charge on any atom is -0.381 e. The van der Waals surface area contributed by atoms with E-state index in [1.807, 2.05) is 0 Å². The summed E-state index contributed by atoms with van der Waals surface area (Å²) in [4.78, 5) is 0. The van der Waals surface area contributed by atoms with E-state index < -0.39 is 0 Å². The predicted molar refractivity (Wildman–Crippen MR) is 66.5 cm³/mol. The molecule has 1 nitrogen and oxygen atoms in total. The molecule has 0 bridgehead atoms. The Labute approximate surface area is 101 Å². The molecule has 1 aliphatic carbocycles. The van der Waals surface area contributed by atoms with Gasteiger partial charge in [-0.15, -0.1) is 0 Å². The smallest absolute Gasteiger partial charge is 0.125 e. The molecule has 1 fully saturated rings. The first-order valence-electron chi connectivity index (χ1n) is 5.87. The molecule has 16 heavy (non-hydrogen) atoms. The number of benzene rings is 1. The first-order chi connectivity index (χ1) is 7.65. The summed E-state index contributed by atoms with van der Waals surface area (Å²) in [6, 6.07) is 4.90. The fourth-order valence-corrected chi connectivity index (χ4v) is 2.57. The minimum absolute atomic E-state index is 0.240. The number of halogens is 2. The van der Waals surface area contributed by atoms with Gasteiger partial charge in [-0.25, -0.2) is 4.39 Å². The van der Waals surface area contributed by atoms with Gasteiger partial charge in [0.1, 0.15) is 5.82 Å². The molecule has 1 aliphatic rings. The van der Waals surface area contributed by atoms with Gasteiger partial charge in [-0.05, 0) is 37.0 Å². The van der Waals surface area contributed by atoms with Crippen LogP contribution in [0.5, 0.6) is 0 Å². The van der Waals surface area contributed by atoms with E-state index in [-0.39, 0.29) is 5.82 Å². The molecule has 1 aromatic carbocycles. The van der Waals surface area contributed by atoms with Crippen LogP contribution < -0.4 is 5.32 Å². The maximum Gasteiger partial charge on any atom is 0.125 e. The van der Waals surface area contributed by atoms with Gasteiger partial charge in [-0.1, -0.05) is 31.4 Å².